The Morgan fingerprint density at radius 1 is 0.970 bits per heavy atom. The van der Waals surface area contributed by atoms with E-state index >= 15 is 0 Å². The Morgan fingerprint density at radius 3 is 1.97 bits per heavy atom. The van der Waals surface area contributed by atoms with E-state index in [1.807, 2.05) is 13.8 Å². The fraction of sp³-hybridized carbons (Fsp3) is 0.391. The zero-order valence-electron chi connectivity index (χ0n) is 19.1. The van der Waals surface area contributed by atoms with Gasteiger partial charge < -0.3 is 10.2 Å². The molecule has 2 rings (SSSR count). The molecule has 10 heteroatoms. The van der Waals surface area contributed by atoms with E-state index in [0.717, 1.165) is 22.7 Å². The summed E-state index contributed by atoms with van der Waals surface area (Å²) in [4.78, 5) is 27.3. The van der Waals surface area contributed by atoms with Crippen LogP contribution >= 0.6 is 0 Å². The van der Waals surface area contributed by atoms with Crippen LogP contribution in [-0.2, 0) is 26.2 Å². The van der Waals surface area contributed by atoms with Crippen molar-refractivity contribution < 1.29 is 26.8 Å². The van der Waals surface area contributed by atoms with Crippen molar-refractivity contribution in [2.45, 2.75) is 45.8 Å². The highest BCUT2D eigenvalue weighted by Gasteiger charge is 2.30. The number of hydrogen-bond acceptors (Lipinski definition) is 4. The summed E-state index contributed by atoms with van der Waals surface area (Å²) in [7, 11) is -3.89. The highest BCUT2D eigenvalue weighted by molar-refractivity contribution is 7.92. The lowest BCUT2D eigenvalue weighted by molar-refractivity contribution is -0.139. The number of halogens is 2. The van der Waals surface area contributed by atoms with Gasteiger partial charge in [-0.2, -0.15) is 0 Å². The van der Waals surface area contributed by atoms with Crippen molar-refractivity contribution in [3.05, 3.63) is 65.7 Å². The molecule has 0 aromatic heterocycles. The van der Waals surface area contributed by atoms with Crippen molar-refractivity contribution in [3.8, 4) is 0 Å². The van der Waals surface area contributed by atoms with E-state index in [1.54, 1.807) is 6.92 Å². The summed E-state index contributed by atoms with van der Waals surface area (Å²) in [6.07, 6.45) is 1.63. The highest BCUT2D eigenvalue weighted by Crippen LogP contribution is 2.19. The summed E-state index contributed by atoms with van der Waals surface area (Å²) in [5, 5.41) is 2.81. The molecule has 33 heavy (non-hydrogen) atoms. The Hall–Kier alpha value is -3.01. The van der Waals surface area contributed by atoms with E-state index in [1.165, 1.54) is 41.3 Å². The molecule has 0 bridgehead atoms. The lowest BCUT2D eigenvalue weighted by atomic mass is 10.1. The van der Waals surface area contributed by atoms with Gasteiger partial charge in [0.25, 0.3) is 0 Å². The molecule has 1 N–H and O–H groups in total. The molecule has 0 spiro atoms. The fourth-order valence-corrected chi connectivity index (χ4v) is 3.91. The highest BCUT2D eigenvalue weighted by atomic mass is 32.2. The van der Waals surface area contributed by atoms with Crippen LogP contribution in [0.15, 0.2) is 48.5 Å². The molecule has 0 aliphatic carbocycles. The van der Waals surface area contributed by atoms with Crippen LogP contribution in [0.4, 0.5) is 14.5 Å². The van der Waals surface area contributed by atoms with Crippen LogP contribution in [0.25, 0.3) is 0 Å². The summed E-state index contributed by atoms with van der Waals surface area (Å²) >= 11 is 0. The first-order valence-corrected chi connectivity index (χ1v) is 12.3. The van der Waals surface area contributed by atoms with E-state index in [0.29, 0.717) is 12.0 Å². The molecule has 0 fully saturated rings. The van der Waals surface area contributed by atoms with Gasteiger partial charge in [-0.25, -0.2) is 17.2 Å². The molecule has 2 amide bonds. The van der Waals surface area contributed by atoms with Gasteiger partial charge in [0, 0.05) is 12.6 Å². The van der Waals surface area contributed by atoms with E-state index in [4.69, 9.17) is 0 Å². The zero-order chi connectivity index (χ0) is 24.8. The molecule has 0 aliphatic rings. The maximum absolute atomic E-state index is 13.3. The zero-order valence-corrected chi connectivity index (χ0v) is 19.9. The number of nitrogens with one attached hydrogen (secondary N) is 1. The Bertz CT molecular complexity index is 1060. The molecule has 7 nitrogen and oxygen atoms in total. The minimum Gasteiger partial charge on any atom is -0.352 e. The standard InChI is InChI=1S/C23H29F2N3O4S/c1-5-16(2)26-23(30)17(3)27(14-18-6-8-19(24)9-7-18)22(29)15-28(33(4,31)32)21-12-10-20(25)11-13-21/h6-13,16-17H,5,14-15H2,1-4H3,(H,26,30). The predicted molar refractivity (Wildman–Crippen MR) is 123 cm³/mol. The van der Waals surface area contributed by atoms with Gasteiger partial charge in [-0.1, -0.05) is 19.1 Å². The molecule has 2 aromatic rings. The Balaban J connectivity index is 2.36. The number of amides is 2. The van der Waals surface area contributed by atoms with Crippen LogP contribution in [0.3, 0.4) is 0 Å². The lowest BCUT2D eigenvalue weighted by Crippen LogP contribution is -2.52. The van der Waals surface area contributed by atoms with Crippen LogP contribution in [-0.4, -0.2) is 50.0 Å². The minimum absolute atomic E-state index is 0.0325. The molecule has 0 radical (unpaired) electrons. The van der Waals surface area contributed by atoms with Gasteiger partial charge in [0.1, 0.15) is 24.2 Å². The van der Waals surface area contributed by atoms with Crippen LogP contribution in [0.5, 0.6) is 0 Å². The topological polar surface area (TPSA) is 86.8 Å². The fourth-order valence-electron chi connectivity index (χ4n) is 3.06. The molecular weight excluding hydrogens is 452 g/mol. The molecule has 180 valence electrons. The monoisotopic (exact) mass is 481 g/mol. The largest absolute Gasteiger partial charge is 0.352 e. The first kappa shape index (κ1) is 26.2. The second kappa shape index (κ2) is 11.2. The van der Waals surface area contributed by atoms with E-state index in [-0.39, 0.29) is 18.3 Å². The third kappa shape index (κ3) is 7.52. The predicted octanol–water partition coefficient (Wildman–Crippen LogP) is 3.06. The second-order valence-electron chi connectivity index (χ2n) is 7.89. The van der Waals surface area contributed by atoms with Gasteiger partial charge in [0.2, 0.25) is 21.8 Å². The molecule has 0 saturated carbocycles. The smallest absolute Gasteiger partial charge is 0.244 e. The molecule has 0 heterocycles. The van der Waals surface area contributed by atoms with Crippen LogP contribution in [0.2, 0.25) is 0 Å². The van der Waals surface area contributed by atoms with Gasteiger partial charge in [0.05, 0.1) is 11.9 Å². The molecule has 0 aliphatic heterocycles. The van der Waals surface area contributed by atoms with Crippen molar-refractivity contribution in [2.24, 2.45) is 0 Å². The van der Waals surface area contributed by atoms with Crippen molar-refractivity contribution >= 4 is 27.5 Å². The van der Waals surface area contributed by atoms with Crippen LogP contribution in [0.1, 0.15) is 32.8 Å². The molecule has 2 aromatic carbocycles. The maximum atomic E-state index is 13.3. The van der Waals surface area contributed by atoms with Crippen molar-refractivity contribution in [1.29, 1.82) is 0 Å². The van der Waals surface area contributed by atoms with Crippen molar-refractivity contribution in [2.75, 3.05) is 17.1 Å². The van der Waals surface area contributed by atoms with Crippen molar-refractivity contribution in [1.82, 2.24) is 10.2 Å². The number of rotatable bonds is 10. The normalized spacial score (nSPS) is 13.2. The number of carbonyl (C=O) groups is 2. The molecular formula is C23H29F2N3O4S. The van der Waals surface area contributed by atoms with Crippen LogP contribution < -0.4 is 9.62 Å². The van der Waals surface area contributed by atoms with E-state index < -0.39 is 46.1 Å². The summed E-state index contributed by atoms with van der Waals surface area (Å²) in [6.45, 7) is 4.66. The maximum Gasteiger partial charge on any atom is 0.244 e. The number of hydrogen-bond donors (Lipinski definition) is 1. The summed E-state index contributed by atoms with van der Waals surface area (Å²) in [5.41, 5.74) is 0.686. The summed E-state index contributed by atoms with van der Waals surface area (Å²) < 4.78 is 52.3. The van der Waals surface area contributed by atoms with Gasteiger partial charge >= 0.3 is 0 Å². The number of carbonyl (C=O) groups excluding carboxylic acids is 2. The first-order valence-electron chi connectivity index (χ1n) is 10.5. The summed E-state index contributed by atoms with van der Waals surface area (Å²) in [6, 6.07) is 9.12. The first-order chi connectivity index (χ1) is 15.4. The Labute approximate surface area is 193 Å². The van der Waals surface area contributed by atoms with Crippen molar-refractivity contribution in [3.63, 3.8) is 0 Å². The quantitative estimate of drug-likeness (QED) is 0.565. The lowest BCUT2D eigenvalue weighted by Gasteiger charge is -2.32. The van der Waals surface area contributed by atoms with Gasteiger partial charge in [-0.15, -0.1) is 0 Å². The average molecular weight is 482 g/mol. The third-order valence-corrected chi connectivity index (χ3v) is 6.37. The molecule has 2 unspecified atom stereocenters. The number of benzene rings is 2. The SMILES string of the molecule is CCC(C)NC(=O)C(C)N(Cc1ccc(F)cc1)C(=O)CN(c1ccc(F)cc1)S(C)(=O)=O. The minimum atomic E-state index is -3.89. The van der Waals surface area contributed by atoms with Gasteiger partial charge in [0.15, 0.2) is 0 Å². The van der Waals surface area contributed by atoms with E-state index in [9.17, 15) is 26.8 Å². The second-order valence-corrected chi connectivity index (χ2v) is 9.79. The van der Waals surface area contributed by atoms with Crippen LogP contribution in [0, 0.1) is 11.6 Å². The Morgan fingerprint density at radius 2 is 1.48 bits per heavy atom. The number of anilines is 1. The molecule has 0 saturated heterocycles. The number of nitrogens with zero attached hydrogens (tertiary/aromatic N) is 2. The Kier molecular flexibility index (Phi) is 8.92. The number of sulfonamides is 1. The average Bonchev–Trinajstić information content (AvgIpc) is 2.76. The van der Waals surface area contributed by atoms with Gasteiger partial charge in [-0.05, 0) is 62.2 Å². The molecule has 2 atom stereocenters. The van der Waals surface area contributed by atoms with Gasteiger partial charge in [-0.3, -0.25) is 13.9 Å². The summed E-state index contributed by atoms with van der Waals surface area (Å²) in [5.74, 6) is -2.03. The third-order valence-electron chi connectivity index (χ3n) is 5.23. The van der Waals surface area contributed by atoms with E-state index in [2.05, 4.69) is 5.32 Å².